The zero-order valence-electron chi connectivity index (χ0n) is 15.8. The number of anilines is 2. The highest BCUT2D eigenvalue weighted by Crippen LogP contribution is 2.21. The maximum Gasteiger partial charge on any atom is 0.255 e. The van der Waals surface area contributed by atoms with Gasteiger partial charge in [-0.25, -0.2) is 4.98 Å². The summed E-state index contributed by atoms with van der Waals surface area (Å²) in [6, 6.07) is 16.7. The summed E-state index contributed by atoms with van der Waals surface area (Å²) in [4.78, 5) is 16.9. The molecule has 0 aliphatic carbocycles. The van der Waals surface area contributed by atoms with Gasteiger partial charge in [0.2, 0.25) is 0 Å². The first-order valence-corrected chi connectivity index (χ1v) is 9.34. The van der Waals surface area contributed by atoms with Crippen LogP contribution in [0.5, 0.6) is 5.75 Å². The summed E-state index contributed by atoms with van der Waals surface area (Å²) in [5.74, 6) is 1.30. The van der Waals surface area contributed by atoms with E-state index < -0.39 is 0 Å². The van der Waals surface area contributed by atoms with Crippen molar-refractivity contribution < 1.29 is 9.53 Å². The number of ether oxygens (including phenoxy) is 1. The minimum absolute atomic E-state index is 0.208. The second kappa shape index (κ2) is 9.24. The van der Waals surface area contributed by atoms with E-state index in [1.54, 1.807) is 37.6 Å². The Morgan fingerprint density at radius 1 is 1.14 bits per heavy atom. The van der Waals surface area contributed by atoms with E-state index in [9.17, 15) is 4.79 Å². The molecule has 0 spiro atoms. The van der Waals surface area contributed by atoms with E-state index in [1.807, 2.05) is 37.3 Å². The van der Waals surface area contributed by atoms with Gasteiger partial charge in [0.05, 0.1) is 7.11 Å². The predicted molar refractivity (Wildman–Crippen MR) is 114 cm³/mol. The molecule has 6 heteroatoms. The van der Waals surface area contributed by atoms with E-state index in [0.717, 1.165) is 23.3 Å². The standard InChI is InChI=1S/C22H22ClN3O2/c1-15-7-8-18(23)14-19(15)26-22(27)17-10-12-25-21(13-17)24-11-9-16-5-3-4-6-20(16)28-2/h3-8,10,12-14H,9,11H2,1-2H3,(H,24,25)(H,26,27). The lowest BCUT2D eigenvalue weighted by atomic mass is 10.1. The average molecular weight is 396 g/mol. The van der Waals surface area contributed by atoms with Crippen LogP contribution < -0.4 is 15.4 Å². The predicted octanol–water partition coefficient (Wildman–Crippen LogP) is 4.96. The van der Waals surface area contributed by atoms with Crippen molar-refractivity contribution in [2.45, 2.75) is 13.3 Å². The van der Waals surface area contributed by atoms with E-state index >= 15 is 0 Å². The van der Waals surface area contributed by atoms with Crippen molar-refractivity contribution in [1.82, 2.24) is 4.98 Å². The SMILES string of the molecule is COc1ccccc1CCNc1cc(C(=O)Nc2cc(Cl)ccc2C)ccn1. The molecular formula is C22H22ClN3O2. The van der Waals surface area contributed by atoms with Crippen molar-refractivity contribution in [3.05, 3.63) is 82.5 Å². The Balaban J connectivity index is 1.63. The quantitative estimate of drug-likeness (QED) is 0.593. The summed E-state index contributed by atoms with van der Waals surface area (Å²) >= 11 is 6.02. The molecule has 0 saturated heterocycles. The molecule has 5 nitrogen and oxygen atoms in total. The summed E-state index contributed by atoms with van der Waals surface area (Å²) in [6.45, 7) is 2.59. The Bertz CT molecular complexity index is 976. The molecular weight excluding hydrogens is 374 g/mol. The minimum Gasteiger partial charge on any atom is -0.496 e. The Kier molecular flexibility index (Phi) is 6.50. The molecule has 2 N–H and O–H groups in total. The van der Waals surface area contributed by atoms with Gasteiger partial charge < -0.3 is 15.4 Å². The minimum atomic E-state index is -0.208. The second-order valence-electron chi connectivity index (χ2n) is 6.33. The molecule has 144 valence electrons. The first-order chi connectivity index (χ1) is 13.6. The molecule has 0 atom stereocenters. The van der Waals surface area contributed by atoms with E-state index in [4.69, 9.17) is 16.3 Å². The van der Waals surface area contributed by atoms with Gasteiger partial charge in [-0.2, -0.15) is 0 Å². The van der Waals surface area contributed by atoms with Crippen molar-refractivity contribution in [3.8, 4) is 5.75 Å². The Morgan fingerprint density at radius 2 is 1.96 bits per heavy atom. The van der Waals surface area contributed by atoms with Gasteiger partial charge in [0, 0.05) is 29.0 Å². The highest BCUT2D eigenvalue weighted by molar-refractivity contribution is 6.31. The number of pyridine rings is 1. The fourth-order valence-electron chi connectivity index (χ4n) is 2.83. The number of benzene rings is 2. The van der Waals surface area contributed by atoms with Crippen molar-refractivity contribution in [2.75, 3.05) is 24.3 Å². The third-order valence-corrected chi connectivity index (χ3v) is 4.60. The summed E-state index contributed by atoms with van der Waals surface area (Å²) in [5.41, 5.74) is 3.28. The highest BCUT2D eigenvalue weighted by Gasteiger charge is 2.10. The molecule has 0 aliphatic rings. The maximum atomic E-state index is 12.6. The first-order valence-electron chi connectivity index (χ1n) is 8.96. The number of carbonyl (C=O) groups is 1. The van der Waals surface area contributed by atoms with Crippen LogP contribution in [-0.2, 0) is 6.42 Å². The van der Waals surface area contributed by atoms with Crippen molar-refractivity contribution in [1.29, 1.82) is 0 Å². The summed E-state index contributed by atoms with van der Waals surface area (Å²) in [5, 5.41) is 6.73. The van der Waals surface area contributed by atoms with E-state index in [2.05, 4.69) is 15.6 Å². The number of aryl methyl sites for hydroxylation is 1. The fourth-order valence-corrected chi connectivity index (χ4v) is 3.00. The van der Waals surface area contributed by atoms with Gasteiger partial charge in [0.1, 0.15) is 11.6 Å². The second-order valence-corrected chi connectivity index (χ2v) is 6.77. The van der Waals surface area contributed by atoms with Crippen LogP contribution in [0.25, 0.3) is 0 Å². The van der Waals surface area contributed by atoms with Gasteiger partial charge in [0.25, 0.3) is 5.91 Å². The molecule has 0 bridgehead atoms. The topological polar surface area (TPSA) is 63.2 Å². The number of methoxy groups -OCH3 is 1. The third kappa shape index (κ3) is 5.02. The monoisotopic (exact) mass is 395 g/mol. The van der Waals surface area contributed by atoms with Gasteiger partial charge in [-0.3, -0.25) is 4.79 Å². The molecule has 1 aromatic heterocycles. The van der Waals surface area contributed by atoms with Crippen LogP contribution in [0.15, 0.2) is 60.8 Å². The molecule has 2 aromatic carbocycles. The fraction of sp³-hybridized carbons (Fsp3) is 0.182. The third-order valence-electron chi connectivity index (χ3n) is 4.36. The number of hydrogen-bond donors (Lipinski definition) is 2. The Labute approximate surface area is 169 Å². The van der Waals surface area contributed by atoms with Crippen molar-refractivity contribution >= 4 is 29.0 Å². The number of aromatic nitrogens is 1. The summed E-state index contributed by atoms with van der Waals surface area (Å²) in [7, 11) is 1.66. The molecule has 1 heterocycles. The maximum absolute atomic E-state index is 12.6. The van der Waals surface area contributed by atoms with E-state index in [-0.39, 0.29) is 5.91 Å². The molecule has 0 radical (unpaired) electrons. The van der Waals surface area contributed by atoms with E-state index in [0.29, 0.717) is 28.6 Å². The number of amides is 1. The lowest BCUT2D eigenvalue weighted by Crippen LogP contribution is -2.14. The molecule has 0 aliphatic heterocycles. The van der Waals surface area contributed by atoms with Crippen LogP contribution in [0.4, 0.5) is 11.5 Å². The molecule has 0 fully saturated rings. The lowest BCUT2D eigenvalue weighted by molar-refractivity contribution is 0.102. The van der Waals surface area contributed by atoms with Crippen LogP contribution in [0, 0.1) is 6.92 Å². The number of nitrogens with zero attached hydrogens (tertiary/aromatic N) is 1. The van der Waals surface area contributed by atoms with Gasteiger partial charge in [-0.05, 0) is 54.8 Å². The van der Waals surface area contributed by atoms with Gasteiger partial charge in [-0.1, -0.05) is 35.9 Å². The molecule has 0 saturated carbocycles. The summed E-state index contributed by atoms with van der Waals surface area (Å²) < 4.78 is 5.37. The highest BCUT2D eigenvalue weighted by atomic mass is 35.5. The van der Waals surface area contributed by atoms with Crippen molar-refractivity contribution in [2.24, 2.45) is 0 Å². The van der Waals surface area contributed by atoms with Crippen molar-refractivity contribution in [3.63, 3.8) is 0 Å². The largest absolute Gasteiger partial charge is 0.496 e. The van der Waals surface area contributed by atoms with Crippen LogP contribution in [0.1, 0.15) is 21.5 Å². The first kappa shape index (κ1) is 19.7. The van der Waals surface area contributed by atoms with Crippen LogP contribution in [0.2, 0.25) is 5.02 Å². The Morgan fingerprint density at radius 3 is 2.79 bits per heavy atom. The zero-order valence-corrected chi connectivity index (χ0v) is 16.6. The average Bonchev–Trinajstić information content (AvgIpc) is 2.71. The molecule has 28 heavy (non-hydrogen) atoms. The number of halogens is 1. The van der Waals surface area contributed by atoms with E-state index in [1.165, 1.54) is 0 Å². The van der Waals surface area contributed by atoms with Crippen LogP contribution >= 0.6 is 11.6 Å². The van der Waals surface area contributed by atoms with Gasteiger partial charge in [0.15, 0.2) is 0 Å². The molecule has 3 aromatic rings. The number of nitrogens with one attached hydrogen (secondary N) is 2. The zero-order chi connectivity index (χ0) is 19.9. The van der Waals surface area contributed by atoms with Crippen LogP contribution in [0.3, 0.4) is 0 Å². The van der Waals surface area contributed by atoms with Gasteiger partial charge >= 0.3 is 0 Å². The number of carbonyl (C=O) groups excluding carboxylic acids is 1. The molecule has 1 amide bonds. The number of para-hydroxylation sites is 1. The smallest absolute Gasteiger partial charge is 0.255 e. The summed E-state index contributed by atoms with van der Waals surface area (Å²) in [6.07, 6.45) is 2.40. The van der Waals surface area contributed by atoms with Crippen LogP contribution in [-0.4, -0.2) is 24.5 Å². The lowest BCUT2D eigenvalue weighted by Gasteiger charge is -2.11. The number of rotatable bonds is 7. The molecule has 3 rings (SSSR count). The molecule has 0 unspecified atom stereocenters. The van der Waals surface area contributed by atoms with Gasteiger partial charge in [-0.15, -0.1) is 0 Å². The Hall–Kier alpha value is -3.05. The normalized spacial score (nSPS) is 10.4. The number of hydrogen-bond acceptors (Lipinski definition) is 4.